The Labute approximate surface area is 121 Å². The molecule has 0 unspecified atom stereocenters. The first kappa shape index (κ1) is 17.0. The fraction of sp³-hybridized carbons (Fsp3) is 0.867. The van der Waals surface area contributed by atoms with Crippen molar-refractivity contribution in [2.45, 2.75) is 58.9 Å². The minimum absolute atomic E-state index is 0.158. The molecule has 0 bridgehead atoms. The van der Waals surface area contributed by atoms with E-state index in [1.165, 1.54) is 0 Å². The molecule has 1 amide bonds. The normalized spacial score (nSPS) is 18.3. The molecule has 1 heterocycles. The maximum Gasteiger partial charge on any atom is 0.309 e. The van der Waals surface area contributed by atoms with Gasteiger partial charge in [0, 0.05) is 25.6 Å². The molecule has 5 heteroatoms. The molecule has 1 aliphatic rings. The number of nitrogens with one attached hydrogen (secondary N) is 1. The van der Waals surface area contributed by atoms with Gasteiger partial charge in [0.05, 0.1) is 5.41 Å². The lowest BCUT2D eigenvalue weighted by Crippen LogP contribution is -2.46. The first-order chi connectivity index (χ1) is 9.41. The van der Waals surface area contributed by atoms with Gasteiger partial charge in [0.2, 0.25) is 5.91 Å². The van der Waals surface area contributed by atoms with Crippen LogP contribution in [0.1, 0.15) is 52.9 Å². The minimum atomic E-state index is -0.715. The Bertz CT molecular complexity index is 334. The van der Waals surface area contributed by atoms with E-state index in [4.69, 9.17) is 0 Å². The highest BCUT2D eigenvalue weighted by molar-refractivity contribution is 5.78. The van der Waals surface area contributed by atoms with Crippen LogP contribution in [0.4, 0.5) is 0 Å². The topological polar surface area (TPSA) is 69.6 Å². The van der Waals surface area contributed by atoms with Gasteiger partial charge in [0.25, 0.3) is 0 Å². The predicted octanol–water partition coefficient (Wildman–Crippen LogP) is 1.87. The van der Waals surface area contributed by atoms with E-state index in [-0.39, 0.29) is 5.91 Å². The zero-order valence-corrected chi connectivity index (χ0v) is 12.9. The van der Waals surface area contributed by atoms with Crippen LogP contribution < -0.4 is 5.32 Å². The lowest BCUT2D eigenvalue weighted by Gasteiger charge is -2.38. The first-order valence-electron chi connectivity index (χ1n) is 7.66. The zero-order chi connectivity index (χ0) is 15.2. The van der Waals surface area contributed by atoms with E-state index >= 15 is 0 Å². The third-order valence-corrected chi connectivity index (χ3v) is 4.32. The molecule has 0 saturated carbocycles. The molecule has 1 saturated heterocycles. The Balaban J connectivity index is 2.34. The average molecular weight is 284 g/mol. The fourth-order valence-corrected chi connectivity index (χ4v) is 2.69. The molecule has 1 aliphatic heterocycles. The monoisotopic (exact) mass is 284 g/mol. The van der Waals surface area contributed by atoms with Crippen molar-refractivity contribution in [3.05, 3.63) is 0 Å². The number of carbonyl (C=O) groups excluding carboxylic acids is 1. The predicted molar refractivity (Wildman–Crippen MR) is 78.5 cm³/mol. The number of carboxylic acids is 1. The second-order valence-corrected chi connectivity index (χ2v) is 6.03. The van der Waals surface area contributed by atoms with Gasteiger partial charge in [-0.05, 0) is 32.2 Å². The van der Waals surface area contributed by atoms with Crippen molar-refractivity contribution in [2.24, 2.45) is 5.41 Å². The Morgan fingerprint density at radius 1 is 1.30 bits per heavy atom. The number of carbonyl (C=O) groups is 2. The zero-order valence-electron chi connectivity index (χ0n) is 12.9. The molecule has 0 aliphatic carbocycles. The summed E-state index contributed by atoms with van der Waals surface area (Å²) in [4.78, 5) is 25.2. The molecule has 5 nitrogen and oxygen atoms in total. The van der Waals surface area contributed by atoms with Gasteiger partial charge in [-0.25, -0.2) is 0 Å². The van der Waals surface area contributed by atoms with Crippen LogP contribution in [0.2, 0.25) is 0 Å². The number of piperidine rings is 1. The highest BCUT2D eigenvalue weighted by Gasteiger charge is 2.40. The Morgan fingerprint density at radius 3 is 2.35 bits per heavy atom. The molecule has 1 rings (SSSR count). The summed E-state index contributed by atoms with van der Waals surface area (Å²) in [7, 11) is 0. The van der Waals surface area contributed by atoms with Gasteiger partial charge in [0.15, 0.2) is 0 Å². The molecule has 0 aromatic carbocycles. The minimum Gasteiger partial charge on any atom is -0.481 e. The van der Waals surface area contributed by atoms with Crippen LogP contribution in [0.5, 0.6) is 0 Å². The number of aliphatic carboxylic acids is 1. The standard InChI is InChI=1S/C15H28N2O3/c1-4-15(14(19)20)7-10-17(11-8-15)13(18)6-5-9-16-12(2)3/h12,16H,4-11H2,1-3H3,(H,19,20). The van der Waals surface area contributed by atoms with Crippen molar-refractivity contribution in [2.75, 3.05) is 19.6 Å². The van der Waals surface area contributed by atoms with E-state index in [9.17, 15) is 14.7 Å². The number of likely N-dealkylation sites (tertiary alicyclic amines) is 1. The van der Waals surface area contributed by atoms with E-state index < -0.39 is 11.4 Å². The SMILES string of the molecule is CCC1(C(=O)O)CCN(C(=O)CCCNC(C)C)CC1. The van der Waals surface area contributed by atoms with Crippen molar-refractivity contribution in [1.82, 2.24) is 10.2 Å². The molecule has 0 aromatic heterocycles. The van der Waals surface area contributed by atoms with Gasteiger partial charge in [-0.3, -0.25) is 9.59 Å². The number of nitrogens with zero attached hydrogens (tertiary/aromatic N) is 1. The van der Waals surface area contributed by atoms with Crippen LogP contribution in [0.25, 0.3) is 0 Å². The number of hydrogen-bond acceptors (Lipinski definition) is 3. The van der Waals surface area contributed by atoms with Crippen molar-refractivity contribution in [3.8, 4) is 0 Å². The summed E-state index contributed by atoms with van der Waals surface area (Å²) in [6.07, 6.45) is 3.18. The van der Waals surface area contributed by atoms with Crippen LogP contribution in [-0.4, -0.2) is 47.6 Å². The van der Waals surface area contributed by atoms with Crippen LogP contribution in [0.3, 0.4) is 0 Å². The summed E-state index contributed by atoms with van der Waals surface area (Å²) in [6, 6.07) is 0.445. The van der Waals surface area contributed by atoms with E-state index in [1.807, 2.05) is 11.8 Å². The van der Waals surface area contributed by atoms with Gasteiger partial charge < -0.3 is 15.3 Å². The van der Waals surface area contributed by atoms with E-state index in [0.717, 1.165) is 13.0 Å². The van der Waals surface area contributed by atoms with Crippen molar-refractivity contribution in [1.29, 1.82) is 0 Å². The van der Waals surface area contributed by atoms with Crippen LogP contribution in [-0.2, 0) is 9.59 Å². The molecule has 0 atom stereocenters. The third-order valence-electron chi connectivity index (χ3n) is 4.32. The van der Waals surface area contributed by atoms with Crippen molar-refractivity contribution >= 4 is 11.9 Å². The van der Waals surface area contributed by atoms with Gasteiger partial charge in [-0.2, -0.15) is 0 Å². The largest absolute Gasteiger partial charge is 0.481 e. The van der Waals surface area contributed by atoms with Crippen molar-refractivity contribution in [3.63, 3.8) is 0 Å². The quantitative estimate of drug-likeness (QED) is 0.700. The van der Waals surface area contributed by atoms with E-state index in [1.54, 1.807) is 0 Å². The van der Waals surface area contributed by atoms with Gasteiger partial charge in [-0.1, -0.05) is 20.8 Å². The van der Waals surface area contributed by atoms with Crippen LogP contribution in [0, 0.1) is 5.41 Å². The molecule has 116 valence electrons. The highest BCUT2D eigenvalue weighted by atomic mass is 16.4. The maximum atomic E-state index is 12.1. The summed E-state index contributed by atoms with van der Waals surface area (Å²) in [6.45, 7) is 8.10. The smallest absolute Gasteiger partial charge is 0.309 e. The second-order valence-electron chi connectivity index (χ2n) is 6.03. The summed E-state index contributed by atoms with van der Waals surface area (Å²) in [5, 5.41) is 12.6. The molecule has 0 spiro atoms. The maximum absolute atomic E-state index is 12.1. The molecule has 0 aromatic rings. The molecule has 1 fully saturated rings. The molecular formula is C15H28N2O3. The van der Waals surface area contributed by atoms with E-state index in [0.29, 0.717) is 44.8 Å². The summed E-state index contributed by atoms with van der Waals surface area (Å²) in [5.74, 6) is -0.557. The molecule has 20 heavy (non-hydrogen) atoms. The molecule has 2 N–H and O–H groups in total. The summed E-state index contributed by atoms with van der Waals surface area (Å²) >= 11 is 0. The third kappa shape index (κ3) is 4.47. The molecule has 0 radical (unpaired) electrons. The number of rotatable bonds is 7. The fourth-order valence-electron chi connectivity index (χ4n) is 2.69. The first-order valence-corrected chi connectivity index (χ1v) is 7.66. The molecular weight excluding hydrogens is 256 g/mol. The van der Waals surface area contributed by atoms with Gasteiger partial charge in [0.1, 0.15) is 0 Å². The lowest BCUT2D eigenvalue weighted by atomic mass is 9.76. The average Bonchev–Trinajstić information content (AvgIpc) is 2.43. The van der Waals surface area contributed by atoms with Crippen molar-refractivity contribution < 1.29 is 14.7 Å². The van der Waals surface area contributed by atoms with Gasteiger partial charge >= 0.3 is 5.97 Å². The Morgan fingerprint density at radius 2 is 1.90 bits per heavy atom. The highest BCUT2D eigenvalue weighted by Crippen LogP contribution is 2.35. The number of hydrogen-bond donors (Lipinski definition) is 2. The number of carboxylic acid groups (broad SMARTS) is 1. The Kier molecular flexibility index (Phi) is 6.46. The lowest BCUT2D eigenvalue weighted by molar-refractivity contribution is -0.154. The second kappa shape index (κ2) is 7.62. The van der Waals surface area contributed by atoms with Crippen LogP contribution in [0.15, 0.2) is 0 Å². The van der Waals surface area contributed by atoms with Gasteiger partial charge in [-0.15, -0.1) is 0 Å². The summed E-state index contributed by atoms with van der Waals surface area (Å²) < 4.78 is 0. The van der Waals surface area contributed by atoms with Crippen LogP contribution >= 0.6 is 0 Å². The number of amides is 1. The summed E-state index contributed by atoms with van der Waals surface area (Å²) in [5.41, 5.74) is -0.615. The Hall–Kier alpha value is -1.10. The van der Waals surface area contributed by atoms with E-state index in [2.05, 4.69) is 19.2 Å².